The highest BCUT2D eigenvalue weighted by Gasteiger charge is 2.41. The van der Waals surface area contributed by atoms with Gasteiger partial charge in [-0.1, -0.05) is 48.5 Å². The summed E-state index contributed by atoms with van der Waals surface area (Å²) in [4.78, 5) is 18.2. The first-order valence-electron chi connectivity index (χ1n) is 11.2. The molecule has 5 nitrogen and oxygen atoms in total. The number of benzene rings is 2. The average Bonchev–Trinajstić information content (AvgIpc) is 3.35. The summed E-state index contributed by atoms with van der Waals surface area (Å²) < 4.78 is 5.39. The summed E-state index contributed by atoms with van der Waals surface area (Å²) in [6, 6.07) is 23.1. The van der Waals surface area contributed by atoms with Crippen molar-refractivity contribution in [3.63, 3.8) is 0 Å². The van der Waals surface area contributed by atoms with E-state index in [9.17, 15) is 4.79 Å². The highest BCUT2D eigenvalue weighted by atomic mass is 16.3. The van der Waals surface area contributed by atoms with E-state index in [1.807, 2.05) is 12.1 Å². The Morgan fingerprint density at radius 1 is 1.00 bits per heavy atom. The number of anilines is 1. The third-order valence-electron chi connectivity index (χ3n) is 6.62. The fraction of sp³-hybridized carbons (Fsp3) is 0.346. The van der Waals surface area contributed by atoms with Gasteiger partial charge in [0.05, 0.1) is 24.8 Å². The predicted octanol–water partition coefficient (Wildman–Crippen LogP) is 3.50. The van der Waals surface area contributed by atoms with Gasteiger partial charge in [-0.15, -0.1) is 0 Å². The van der Waals surface area contributed by atoms with Gasteiger partial charge in [-0.25, -0.2) is 0 Å². The van der Waals surface area contributed by atoms with Crippen LogP contribution in [0.3, 0.4) is 0 Å². The Balaban J connectivity index is 1.31. The van der Waals surface area contributed by atoms with Crippen molar-refractivity contribution < 1.29 is 9.21 Å². The normalized spacial score (nSPS) is 20.7. The van der Waals surface area contributed by atoms with Crippen LogP contribution in [-0.2, 0) is 24.2 Å². The van der Waals surface area contributed by atoms with Crippen molar-refractivity contribution in [1.82, 2.24) is 10.2 Å². The fourth-order valence-electron chi connectivity index (χ4n) is 4.97. The molecule has 1 N–H and O–H groups in total. The zero-order chi connectivity index (χ0) is 21.0. The molecule has 1 aromatic heterocycles. The fourth-order valence-corrected chi connectivity index (χ4v) is 4.97. The molecule has 0 radical (unpaired) electrons. The van der Waals surface area contributed by atoms with E-state index in [4.69, 9.17) is 4.42 Å². The van der Waals surface area contributed by atoms with Crippen LogP contribution in [-0.4, -0.2) is 43.0 Å². The van der Waals surface area contributed by atoms with Crippen molar-refractivity contribution >= 4 is 11.6 Å². The summed E-state index contributed by atoms with van der Waals surface area (Å²) in [5.41, 5.74) is 3.94. The van der Waals surface area contributed by atoms with Crippen LogP contribution in [0.2, 0.25) is 0 Å². The minimum Gasteiger partial charge on any atom is -0.467 e. The van der Waals surface area contributed by atoms with E-state index >= 15 is 0 Å². The van der Waals surface area contributed by atoms with E-state index in [1.54, 1.807) is 6.26 Å². The molecular weight excluding hydrogens is 386 g/mol. The van der Waals surface area contributed by atoms with Gasteiger partial charge in [0, 0.05) is 31.9 Å². The molecule has 0 spiro atoms. The number of nitrogens with one attached hydrogen (secondary N) is 1. The number of amides is 1. The number of carbonyl (C=O) groups is 1. The molecule has 3 heterocycles. The van der Waals surface area contributed by atoms with Gasteiger partial charge in [0.25, 0.3) is 0 Å². The maximum atomic E-state index is 13.2. The van der Waals surface area contributed by atoms with Crippen LogP contribution in [0, 0.1) is 5.92 Å². The number of hydrogen-bond donors (Lipinski definition) is 1. The van der Waals surface area contributed by atoms with Gasteiger partial charge < -0.3 is 14.6 Å². The number of rotatable bonds is 6. The number of fused-ring (bicyclic) bond motifs is 3. The lowest BCUT2D eigenvalue weighted by Crippen LogP contribution is -2.61. The van der Waals surface area contributed by atoms with Gasteiger partial charge in [-0.2, -0.15) is 0 Å². The van der Waals surface area contributed by atoms with Crippen LogP contribution in [0.1, 0.15) is 16.9 Å². The number of para-hydroxylation sites is 1. The average molecular weight is 416 g/mol. The van der Waals surface area contributed by atoms with Gasteiger partial charge in [-0.3, -0.25) is 9.69 Å². The smallest absolute Gasteiger partial charge is 0.225 e. The standard InChI is InChI=1S/C26H29N3O2/c30-26(27-18-22-10-6-16-31-22)23-17-21-9-4-5-11-24(21)29-15-14-28(19-25(23)29)13-12-20-7-2-1-3-8-20/h1-11,16,23,25H,12-15,17-19H2,(H,27,30). The second-order valence-electron chi connectivity index (χ2n) is 8.53. The molecule has 3 aromatic rings. The van der Waals surface area contributed by atoms with Gasteiger partial charge in [0.2, 0.25) is 5.91 Å². The zero-order valence-corrected chi connectivity index (χ0v) is 17.7. The maximum absolute atomic E-state index is 13.2. The van der Waals surface area contributed by atoms with Crippen LogP contribution in [0.25, 0.3) is 0 Å². The summed E-state index contributed by atoms with van der Waals surface area (Å²) in [7, 11) is 0. The Kier molecular flexibility index (Phi) is 5.76. The first-order valence-corrected chi connectivity index (χ1v) is 11.2. The number of hydrogen-bond acceptors (Lipinski definition) is 4. The minimum absolute atomic E-state index is 0.0654. The molecule has 1 amide bonds. The van der Waals surface area contributed by atoms with Crippen molar-refractivity contribution in [2.45, 2.75) is 25.4 Å². The Morgan fingerprint density at radius 2 is 1.84 bits per heavy atom. The number of furan rings is 1. The number of piperazine rings is 1. The van der Waals surface area contributed by atoms with Gasteiger partial charge in [0.15, 0.2) is 0 Å². The monoisotopic (exact) mass is 415 g/mol. The summed E-state index contributed by atoms with van der Waals surface area (Å²) in [6.45, 7) is 4.36. The largest absolute Gasteiger partial charge is 0.467 e. The first kappa shape index (κ1) is 19.9. The van der Waals surface area contributed by atoms with E-state index in [2.05, 4.69) is 69.7 Å². The van der Waals surface area contributed by atoms with Crippen LogP contribution >= 0.6 is 0 Å². The van der Waals surface area contributed by atoms with E-state index in [-0.39, 0.29) is 17.9 Å². The summed E-state index contributed by atoms with van der Waals surface area (Å²) >= 11 is 0. The second kappa shape index (κ2) is 8.98. The van der Waals surface area contributed by atoms with E-state index < -0.39 is 0 Å². The van der Waals surface area contributed by atoms with Crippen LogP contribution in [0.4, 0.5) is 5.69 Å². The molecule has 2 aliphatic heterocycles. The lowest BCUT2D eigenvalue weighted by atomic mass is 9.83. The molecule has 0 saturated carbocycles. The molecule has 1 fully saturated rings. The molecule has 5 heteroatoms. The van der Waals surface area contributed by atoms with Gasteiger partial charge in [0.1, 0.15) is 5.76 Å². The maximum Gasteiger partial charge on any atom is 0.225 e. The third-order valence-corrected chi connectivity index (χ3v) is 6.62. The molecule has 0 bridgehead atoms. The van der Waals surface area contributed by atoms with Crippen molar-refractivity contribution in [2.75, 3.05) is 31.1 Å². The van der Waals surface area contributed by atoms with Gasteiger partial charge in [-0.05, 0) is 42.2 Å². The molecule has 2 aromatic carbocycles. The summed E-state index contributed by atoms with van der Waals surface area (Å²) in [5.74, 6) is 0.838. The lowest BCUT2D eigenvalue weighted by molar-refractivity contribution is -0.126. The summed E-state index contributed by atoms with van der Waals surface area (Å²) in [5, 5.41) is 3.11. The highest BCUT2D eigenvalue weighted by molar-refractivity contribution is 5.82. The molecule has 2 unspecified atom stereocenters. The van der Waals surface area contributed by atoms with Crippen LogP contribution < -0.4 is 10.2 Å². The van der Waals surface area contributed by atoms with E-state index in [0.29, 0.717) is 6.54 Å². The second-order valence-corrected chi connectivity index (χ2v) is 8.53. The lowest BCUT2D eigenvalue weighted by Gasteiger charge is -2.49. The predicted molar refractivity (Wildman–Crippen MR) is 122 cm³/mol. The van der Waals surface area contributed by atoms with Gasteiger partial charge >= 0.3 is 0 Å². The first-order chi connectivity index (χ1) is 15.3. The van der Waals surface area contributed by atoms with Crippen LogP contribution in [0.15, 0.2) is 77.4 Å². The molecule has 2 atom stereocenters. The number of carbonyl (C=O) groups excluding carboxylic acids is 1. The Labute approximate surface area is 183 Å². The molecule has 31 heavy (non-hydrogen) atoms. The van der Waals surface area contributed by atoms with E-state index in [1.165, 1.54) is 16.8 Å². The van der Waals surface area contributed by atoms with E-state index in [0.717, 1.165) is 44.8 Å². The quantitative estimate of drug-likeness (QED) is 0.670. The van der Waals surface area contributed by atoms with Crippen molar-refractivity contribution in [1.29, 1.82) is 0 Å². The molecule has 160 valence electrons. The van der Waals surface area contributed by atoms with Crippen molar-refractivity contribution in [2.24, 2.45) is 5.92 Å². The Morgan fingerprint density at radius 3 is 2.68 bits per heavy atom. The molecular formula is C26H29N3O2. The SMILES string of the molecule is O=C(NCc1ccco1)C1Cc2ccccc2N2CCN(CCc3ccccc3)CC12. The summed E-state index contributed by atoms with van der Waals surface area (Å²) in [6.07, 6.45) is 3.47. The zero-order valence-electron chi connectivity index (χ0n) is 17.7. The van der Waals surface area contributed by atoms with Crippen molar-refractivity contribution in [3.8, 4) is 0 Å². The highest BCUT2D eigenvalue weighted by Crippen LogP contribution is 2.36. The topological polar surface area (TPSA) is 48.7 Å². The van der Waals surface area contributed by atoms with Crippen LogP contribution in [0.5, 0.6) is 0 Å². The minimum atomic E-state index is -0.0654. The molecule has 0 aliphatic carbocycles. The molecule has 1 saturated heterocycles. The Hall–Kier alpha value is -3.05. The number of nitrogens with zero attached hydrogens (tertiary/aromatic N) is 2. The Bertz CT molecular complexity index is 1000. The van der Waals surface area contributed by atoms with Crippen molar-refractivity contribution in [3.05, 3.63) is 89.9 Å². The molecule has 2 aliphatic rings. The molecule has 5 rings (SSSR count). The third kappa shape index (κ3) is 4.37.